The SMILES string of the molecule is CCCC(NC(=O)[C@@H]1C[C@@H](OCc2ccccc2)CN1C(=O)C(CCCNC(C)=O)NC(=O)OCC(C)C)C(=O)C(=O)NCC(=O)N[C@H](C(N)=O)c1ccccc1. The number of carbonyl (C=O) groups is 8. The number of hydrogen-bond donors (Lipinski definition) is 6. The van der Waals surface area contributed by atoms with Gasteiger partial charge in [-0.15, -0.1) is 0 Å². The lowest BCUT2D eigenvalue weighted by molar-refractivity contribution is -0.143. The Morgan fingerprint density at radius 3 is 2.14 bits per heavy atom. The summed E-state index contributed by atoms with van der Waals surface area (Å²) in [6, 6.07) is 12.8. The first-order chi connectivity index (χ1) is 27.2. The fraction of sp³-hybridized carbons (Fsp3) is 0.500. The van der Waals surface area contributed by atoms with Crippen molar-refractivity contribution in [3.8, 4) is 0 Å². The average molecular weight is 794 g/mol. The lowest BCUT2D eigenvalue weighted by Crippen LogP contribution is -2.56. The van der Waals surface area contributed by atoms with E-state index in [0.717, 1.165) is 5.56 Å². The second-order valence-corrected chi connectivity index (χ2v) is 14.2. The molecule has 1 saturated heterocycles. The maximum absolute atomic E-state index is 14.2. The van der Waals surface area contributed by atoms with Crippen molar-refractivity contribution >= 4 is 47.3 Å². The minimum atomic E-state index is -1.31. The lowest BCUT2D eigenvalue weighted by atomic mass is 10.0. The molecule has 2 aromatic carbocycles. The Balaban J connectivity index is 1.77. The van der Waals surface area contributed by atoms with Crippen molar-refractivity contribution in [2.24, 2.45) is 11.7 Å². The molecule has 310 valence electrons. The number of nitrogens with zero attached hydrogens (tertiary/aromatic N) is 1. The van der Waals surface area contributed by atoms with Crippen molar-refractivity contribution in [3.05, 3.63) is 71.8 Å². The first kappa shape index (κ1) is 45.5. The maximum atomic E-state index is 14.2. The highest BCUT2D eigenvalue weighted by molar-refractivity contribution is 6.38. The predicted molar refractivity (Wildman–Crippen MR) is 208 cm³/mol. The zero-order chi connectivity index (χ0) is 41.9. The molecule has 17 heteroatoms. The largest absolute Gasteiger partial charge is 0.449 e. The van der Waals surface area contributed by atoms with Crippen LogP contribution >= 0.6 is 0 Å². The van der Waals surface area contributed by atoms with E-state index >= 15 is 0 Å². The molecule has 17 nitrogen and oxygen atoms in total. The van der Waals surface area contributed by atoms with Crippen molar-refractivity contribution in [1.29, 1.82) is 0 Å². The average Bonchev–Trinajstić information content (AvgIpc) is 3.63. The third kappa shape index (κ3) is 15.3. The van der Waals surface area contributed by atoms with Gasteiger partial charge in [0.25, 0.3) is 5.91 Å². The van der Waals surface area contributed by atoms with E-state index in [1.165, 1.54) is 11.8 Å². The third-order valence-corrected chi connectivity index (χ3v) is 8.92. The second-order valence-electron chi connectivity index (χ2n) is 14.2. The number of primary amides is 1. The van der Waals surface area contributed by atoms with Crippen molar-refractivity contribution < 1.29 is 47.8 Å². The standard InChI is InChI=1S/C40H55N7O10/c1-5-13-30(35(50)38(53)43-21-33(49)46-34(36(41)51)28-16-10-7-11-17-28)44-37(52)32-20-29(56-24-27-14-8-6-9-15-27)22-47(32)39(54)31(18-12-19-42-26(4)48)45-40(55)57-23-25(2)3/h6-11,14-17,25,29-32,34H,5,12-13,18-24H2,1-4H3,(H2,41,51)(H,42,48)(H,43,53)(H,44,52)(H,45,55)(H,46,49)/t29-,30?,31?,32+,34+/m1/s1. The molecule has 7 N–H and O–H groups in total. The Labute approximate surface area is 332 Å². The molecule has 0 aromatic heterocycles. The quantitative estimate of drug-likeness (QED) is 0.0734. The molecule has 0 spiro atoms. The molecular weight excluding hydrogens is 738 g/mol. The van der Waals surface area contributed by atoms with E-state index in [-0.39, 0.29) is 57.4 Å². The summed E-state index contributed by atoms with van der Waals surface area (Å²) in [7, 11) is 0. The molecular formula is C40H55N7O10. The number of benzene rings is 2. The van der Waals surface area contributed by atoms with E-state index < -0.39 is 78.2 Å². The fourth-order valence-electron chi connectivity index (χ4n) is 6.06. The van der Waals surface area contributed by atoms with Gasteiger partial charge in [-0.1, -0.05) is 87.9 Å². The smallest absolute Gasteiger partial charge is 0.407 e. The zero-order valence-corrected chi connectivity index (χ0v) is 32.9. The monoisotopic (exact) mass is 793 g/mol. The number of nitrogens with two attached hydrogens (primary N) is 1. The fourth-order valence-corrected chi connectivity index (χ4v) is 6.06. The van der Waals surface area contributed by atoms with Gasteiger partial charge in [-0.2, -0.15) is 0 Å². The molecule has 7 amide bonds. The normalized spacial score (nSPS) is 16.4. The summed E-state index contributed by atoms with van der Waals surface area (Å²) in [4.78, 5) is 105. The Morgan fingerprint density at radius 2 is 1.53 bits per heavy atom. The molecule has 2 aromatic rings. The number of ether oxygens (including phenoxy) is 2. The molecule has 1 aliphatic rings. The topological polar surface area (TPSA) is 244 Å². The molecule has 2 unspecified atom stereocenters. The van der Waals surface area contributed by atoms with Crippen LogP contribution in [0.4, 0.5) is 4.79 Å². The number of alkyl carbamates (subject to hydrolysis) is 1. The van der Waals surface area contributed by atoms with Gasteiger partial charge in [0.2, 0.25) is 35.3 Å². The van der Waals surface area contributed by atoms with Crippen molar-refractivity contribution in [2.45, 2.75) is 96.7 Å². The van der Waals surface area contributed by atoms with Crippen molar-refractivity contribution in [2.75, 3.05) is 26.2 Å². The number of ketones is 1. The van der Waals surface area contributed by atoms with E-state index in [2.05, 4.69) is 26.6 Å². The molecule has 1 heterocycles. The van der Waals surface area contributed by atoms with Crippen LogP contribution in [0.2, 0.25) is 0 Å². The highest BCUT2D eigenvalue weighted by atomic mass is 16.5. The van der Waals surface area contributed by atoms with Crippen LogP contribution in [0, 0.1) is 5.92 Å². The Kier molecular flexibility index (Phi) is 18.6. The third-order valence-electron chi connectivity index (χ3n) is 8.92. The Bertz CT molecular complexity index is 1690. The van der Waals surface area contributed by atoms with Crippen LogP contribution in [-0.4, -0.2) is 103 Å². The summed E-state index contributed by atoms with van der Waals surface area (Å²) >= 11 is 0. The van der Waals surface area contributed by atoms with Gasteiger partial charge in [-0.05, 0) is 36.3 Å². The van der Waals surface area contributed by atoms with Crippen LogP contribution in [0.5, 0.6) is 0 Å². The van der Waals surface area contributed by atoms with E-state index in [0.29, 0.717) is 18.4 Å². The number of hydrogen-bond acceptors (Lipinski definition) is 10. The van der Waals surface area contributed by atoms with E-state index in [9.17, 15) is 38.4 Å². The van der Waals surface area contributed by atoms with Crippen LogP contribution in [-0.2, 0) is 49.6 Å². The van der Waals surface area contributed by atoms with Gasteiger partial charge in [0.05, 0.1) is 31.9 Å². The maximum Gasteiger partial charge on any atom is 0.407 e. The summed E-state index contributed by atoms with van der Waals surface area (Å²) in [5.74, 6) is -5.33. The van der Waals surface area contributed by atoms with Gasteiger partial charge < -0.3 is 46.7 Å². The second kappa shape index (κ2) is 23.3. The molecule has 5 atom stereocenters. The number of amides is 7. The van der Waals surface area contributed by atoms with Crippen molar-refractivity contribution in [3.63, 3.8) is 0 Å². The predicted octanol–water partition coefficient (Wildman–Crippen LogP) is 1.15. The molecule has 0 bridgehead atoms. The molecule has 0 radical (unpaired) electrons. The molecule has 0 saturated carbocycles. The molecule has 0 aliphatic carbocycles. The zero-order valence-electron chi connectivity index (χ0n) is 32.9. The van der Waals surface area contributed by atoms with Crippen molar-refractivity contribution in [1.82, 2.24) is 31.5 Å². The van der Waals surface area contributed by atoms with Crippen LogP contribution in [0.25, 0.3) is 0 Å². The number of likely N-dealkylation sites (tertiary alicyclic amines) is 1. The lowest BCUT2D eigenvalue weighted by Gasteiger charge is -2.29. The minimum Gasteiger partial charge on any atom is -0.449 e. The Morgan fingerprint density at radius 1 is 0.860 bits per heavy atom. The number of carbonyl (C=O) groups excluding carboxylic acids is 8. The summed E-state index contributed by atoms with van der Waals surface area (Å²) in [6.45, 7) is 6.68. The van der Waals surface area contributed by atoms with E-state index in [1.807, 2.05) is 44.2 Å². The summed E-state index contributed by atoms with van der Waals surface area (Å²) in [5, 5.41) is 12.6. The number of rotatable bonds is 22. The van der Waals surface area contributed by atoms with Crippen LogP contribution < -0.4 is 32.3 Å². The Hall–Kier alpha value is -5.84. The van der Waals surface area contributed by atoms with Crippen LogP contribution in [0.15, 0.2) is 60.7 Å². The first-order valence-corrected chi connectivity index (χ1v) is 19.1. The van der Waals surface area contributed by atoms with Gasteiger partial charge in [0.15, 0.2) is 0 Å². The van der Waals surface area contributed by atoms with Gasteiger partial charge in [0, 0.05) is 26.4 Å². The number of Topliss-reactive ketones (excluding diaryl/α,β-unsaturated/α-hetero) is 1. The van der Waals surface area contributed by atoms with Gasteiger partial charge in [-0.25, -0.2) is 4.79 Å². The van der Waals surface area contributed by atoms with Gasteiger partial charge in [-0.3, -0.25) is 33.6 Å². The van der Waals surface area contributed by atoms with Crippen LogP contribution in [0.1, 0.15) is 77.0 Å². The molecule has 3 rings (SSSR count). The highest BCUT2D eigenvalue weighted by Crippen LogP contribution is 2.24. The van der Waals surface area contributed by atoms with Gasteiger partial charge >= 0.3 is 6.09 Å². The molecule has 1 aliphatic heterocycles. The number of nitrogens with one attached hydrogen (secondary N) is 5. The molecule has 1 fully saturated rings. The molecule has 57 heavy (non-hydrogen) atoms. The summed E-state index contributed by atoms with van der Waals surface area (Å²) in [6.07, 6.45) is -0.524. The summed E-state index contributed by atoms with van der Waals surface area (Å²) in [5.41, 5.74) is 6.76. The highest BCUT2D eigenvalue weighted by Gasteiger charge is 2.43. The van der Waals surface area contributed by atoms with Gasteiger partial charge in [0.1, 0.15) is 18.1 Å². The van der Waals surface area contributed by atoms with Crippen LogP contribution in [0.3, 0.4) is 0 Å². The van der Waals surface area contributed by atoms with E-state index in [4.69, 9.17) is 15.2 Å². The minimum absolute atomic E-state index is 0.0219. The van der Waals surface area contributed by atoms with E-state index in [1.54, 1.807) is 37.3 Å². The first-order valence-electron chi connectivity index (χ1n) is 19.1. The summed E-state index contributed by atoms with van der Waals surface area (Å²) < 4.78 is 11.4.